The third-order valence-corrected chi connectivity index (χ3v) is 12.6. The second-order valence-corrected chi connectivity index (χ2v) is 15.6. The molecule has 1 nitrogen and oxygen atoms in total. The molecule has 0 saturated carbocycles. The maximum Gasteiger partial charge on any atom is 0.0726 e. The van der Waals surface area contributed by atoms with Crippen molar-refractivity contribution in [2.75, 3.05) is 4.90 Å². The van der Waals surface area contributed by atoms with E-state index in [2.05, 4.69) is 201 Å². The van der Waals surface area contributed by atoms with E-state index < -0.39 is 5.41 Å². The average Bonchev–Trinajstić information content (AvgIpc) is 3.77. The van der Waals surface area contributed by atoms with Crippen molar-refractivity contribution >= 4 is 11.4 Å². The Balaban J connectivity index is 1.13. The van der Waals surface area contributed by atoms with E-state index in [1.165, 1.54) is 89.4 Å². The van der Waals surface area contributed by atoms with E-state index in [0.29, 0.717) is 5.92 Å². The lowest BCUT2D eigenvalue weighted by atomic mass is 9.70. The summed E-state index contributed by atoms with van der Waals surface area (Å²) in [4.78, 5) is 2.51. The van der Waals surface area contributed by atoms with Crippen LogP contribution >= 0.6 is 0 Å². The lowest BCUT2D eigenvalue weighted by molar-refractivity contribution is 0.660. The van der Waals surface area contributed by atoms with E-state index in [-0.39, 0.29) is 5.41 Å². The van der Waals surface area contributed by atoms with Crippen LogP contribution in [0, 0.1) is 0 Å². The fourth-order valence-corrected chi connectivity index (χ4v) is 10.2. The summed E-state index contributed by atoms with van der Waals surface area (Å²) in [5.74, 6) is 0.361. The second-order valence-electron chi connectivity index (χ2n) is 15.6. The molecule has 0 aromatic heterocycles. The van der Waals surface area contributed by atoms with Crippen molar-refractivity contribution in [3.05, 3.63) is 227 Å². The first-order chi connectivity index (χ1) is 26.0. The van der Waals surface area contributed by atoms with Gasteiger partial charge >= 0.3 is 0 Å². The smallest absolute Gasteiger partial charge is 0.0726 e. The Labute approximate surface area is 312 Å². The molecule has 0 fully saturated rings. The molecule has 11 rings (SSSR count). The molecule has 4 aliphatic carbocycles. The van der Waals surface area contributed by atoms with Gasteiger partial charge in [0.05, 0.1) is 5.41 Å². The van der Waals surface area contributed by atoms with Crippen molar-refractivity contribution in [2.24, 2.45) is 0 Å². The number of fused-ring (bicyclic) bond motifs is 13. The number of allylic oxidation sites excluding steroid dienone is 3. The van der Waals surface area contributed by atoms with Crippen molar-refractivity contribution < 1.29 is 0 Å². The summed E-state index contributed by atoms with van der Waals surface area (Å²) < 4.78 is 0. The molecule has 0 amide bonds. The Morgan fingerprint density at radius 1 is 0.453 bits per heavy atom. The number of benzene rings is 7. The van der Waals surface area contributed by atoms with E-state index in [4.69, 9.17) is 0 Å². The fourth-order valence-electron chi connectivity index (χ4n) is 10.2. The molecule has 53 heavy (non-hydrogen) atoms. The highest BCUT2D eigenvalue weighted by atomic mass is 15.1. The molecule has 4 aliphatic rings. The van der Waals surface area contributed by atoms with Crippen LogP contribution in [0.2, 0.25) is 0 Å². The van der Waals surface area contributed by atoms with Crippen LogP contribution in [-0.4, -0.2) is 0 Å². The Kier molecular flexibility index (Phi) is 6.41. The Morgan fingerprint density at radius 3 is 1.45 bits per heavy atom. The number of anilines is 2. The van der Waals surface area contributed by atoms with Gasteiger partial charge in [-0.05, 0) is 109 Å². The summed E-state index contributed by atoms with van der Waals surface area (Å²) in [5.41, 5.74) is 20.7. The van der Waals surface area contributed by atoms with Gasteiger partial charge in [-0.1, -0.05) is 166 Å². The summed E-state index contributed by atoms with van der Waals surface area (Å²) in [6.07, 6.45) is 8.16. The third-order valence-electron chi connectivity index (χ3n) is 12.6. The lowest BCUT2D eigenvalue weighted by Crippen LogP contribution is -2.26. The minimum Gasteiger partial charge on any atom is -0.311 e. The highest BCUT2D eigenvalue weighted by Gasteiger charge is 2.51. The molecule has 1 atom stereocenters. The molecule has 0 saturated heterocycles. The SMILES string of the molecule is CC1(C)c2ccccc2-c2ccc(N(C3=CCC(c4ccccc4)C=C3)c3ccc4c(c3)C3(c5ccccc5-c5ccccc53)c3ccccc3-4)cc21. The van der Waals surface area contributed by atoms with Crippen LogP contribution in [0.4, 0.5) is 11.4 Å². The van der Waals surface area contributed by atoms with Crippen LogP contribution < -0.4 is 4.90 Å². The lowest BCUT2D eigenvalue weighted by Gasteiger charge is -2.33. The molecular formula is C52H39N. The van der Waals surface area contributed by atoms with Gasteiger partial charge in [0.1, 0.15) is 0 Å². The average molecular weight is 678 g/mol. The van der Waals surface area contributed by atoms with Gasteiger partial charge in [0.15, 0.2) is 0 Å². The minimum absolute atomic E-state index is 0.0935. The number of hydrogen-bond acceptors (Lipinski definition) is 1. The first-order valence-corrected chi connectivity index (χ1v) is 19.0. The third kappa shape index (κ3) is 4.14. The zero-order valence-corrected chi connectivity index (χ0v) is 30.1. The molecule has 0 heterocycles. The van der Waals surface area contributed by atoms with Crippen LogP contribution in [0.15, 0.2) is 188 Å². The van der Waals surface area contributed by atoms with E-state index >= 15 is 0 Å². The van der Waals surface area contributed by atoms with Gasteiger partial charge in [0, 0.05) is 28.4 Å². The van der Waals surface area contributed by atoms with Crippen molar-refractivity contribution in [2.45, 2.75) is 37.0 Å². The Bertz CT molecular complexity index is 2630. The molecular weight excluding hydrogens is 639 g/mol. The summed E-state index contributed by atoms with van der Waals surface area (Å²) in [6.45, 7) is 4.75. The van der Waals surface area contributed by atoms with Crippen molar-refractivity contribution in [1.29, 1.82) is 0 Å². The second kappa shape index (κ2) is 11.2. The normalized spacial score (nSPS) is 17.3. The highest BCUT2D eigenvalue weighted by Crippen LogP contribution is 2.63. The predicted molar refractivity (Wildman–Crippen MR) is 220 cm³/mol. The molecule has 1 unspecified atom stereocenters. The molecule has 7 aromatic carbocycles. The predicted octanol–water partition coefficient (Wildman–Crippen LogP) is 13.1. The van der Waals surface area contributed by atoms with E-state index in [1.807, 2.05) is 0 Å². The molecule has 7 aromatic rings. The zero-order chi connectivity index (χ0) is 35.3. The molecule has 0 aliphatic heterocycles. The van der Waals surface area contributed by atoms with Crippen molar-refractivity contribution in [3.63, 3.8) is 0 Å². The van der Waals surface area contributed by atoms with E-state index in [1.54, 1.807) is 0 Å². The molecule has 0 N–H and O–H groups in total. The van der Waals surface area contributed by atoms with Crippen LogP contribution in [0.1, 0.15) is 65.1 Å². The van der Waals surface area contributed by atoms with E-state index in [9.17, 15) is 0 Å². The first kappa shape index (κ1) is 30.4. The molecule has 1 heteroatoms. The van der Waals surface area contributed by atoms with Crippen molar-refractivity contribution in [3.8, 4) is 33.4 Å². The first-order valence-electron chi connectivity index (χ1n) is 19.0. The van der Waals surface area contributed by atoms with Gasteiger partial charge in [0.25, 0.3) is 0 Å². The number of rotatable bonds is 4. The standard InChI is InChI=1S/C52H39N/c1-51(2)45-20-10-6-16-39(45)43-30-28-37(32-49(43)51)53(36-26-24-35(25-27-36)34-14-4-3-5-15-34)38-29-31-44-42-19-9-13-23-48(42)52(50(44)33-38)46-21-11-7-17-40(46)41-18-8-12-22-47(41)52/h3-24,26-33,35H,25H2,1-2H3. The van der Waals surface area contributed by atoms with E-state index in [0.717, 1.165) is 6.42 Å². The van der Waals surface area contributed by atoms with Crippen LogP contribution in [-0.2, 0) is 10.8 Å². The van der Waals surface area contributed by atoms with Crippen LogP contribution in [0.3, 0.4) is 0 Å². The van der Waals surface area contributed by atoms with Gasteiger partial charge in [-0.3, -0.25) is 0 Å². The molecule has 0 bridgehead atoms. The van der Waals surface area contributed by atoms with Crippen LogP contribution in [0.5, 0.6) is 0 Å². The highest BCUT2D eigenvalue weighted by molar-refractivity contribution is 5.96. The van der Waals surface area contributed by atoms with Crippen molar-refractivity contribution in [1.82, 2.24) is 0 Å². The van der Waals surface area contributed by atoms with Gasteiger partial charge < -0.3 is 4.90 Å². The topological polar surface area (TPSA) is 3.24 Å². The quantitative estimate of drug-likeness (QED) is 0.179. The minimum atomic E-state index is -0.391. The van der Waals surface area contributed by atoms with Gasteiger partial charge in [-0.2, -0.15) is 0 Å². The maximum absolute atomic E-state index is 2.51. The summed E-state index contributed by atoms with van der Waals surface area (Å²) in [6, 6.07) is 61.5. The number of hydrogen-bond donors (Lipinski definition) is 0. The zero-order valence-electron chi connectivity index (χ0n) is 30.1. The summed E-state index contributed by atoms with van der Waals surface area (Å²) in [7, 11) is 0. The van der Waals surface area contributed by atoms with Crippen LogP contribution in [0.25, 0.3) is 33.4 Å². The summed E-state index contributed by atoms with van der Waals surface area (Å²) in [5, 5.41) is 0. The summed E-state index contributed by atoms with van der Waals surface area (Å²) >= 11 is 0. The Morgan fingerprint density at radius 2 is 0.906 bits per heavy atom. The molecule has 1 spiro atoms. The van der Waals surface area contributed by atoms with Gasteiger partial charge in [0.2, 0.25) is 0 Å². The fraction of sp³-hybridized carbons (Fsp3) is 0.115. The maximum atomic E-state index is 2.51. The van der Waals surface area contributed by atoms with Gasteiger partial charge in [-0.25, -0.2) is 0 Å². The Hall–Kier alpha value is -6.18. The van der Waals surface area contributed by atoms with Gasteiger partial charge in [-0.15, -0.1) is 0 Å². The number of nitrogens with zero attached hydrogens (tertiary/aromatic N) is 1. The largest absolute Gasteiger partial charge is 0.311 e. The molecule has 0 radical (unpaired) electrons. The molecule has 252 valence electrons. The monoisotopic (exact) mass is 677 g/mol.